The third kappa shape index (κ3) is 4.25. The molecule has 0 radical (unpaired) electrons. The van der Waals surface area contributed by atoms with Gasteiger partial charge in [0.2, 0.25) is 11.7 Å². The van der Waals surface area contributed by atoms with Crippen LogP contribution < -0.4 is 9.64 Å². The summed E-state index contributed by atoms with van der Waals surface area (Å²) in [7, 11) is 0. The van der Waals surface area contributed by atoms with E-state index in [2.05, 4.69) is 29.7 Å². The highest BCUT2D eigenvalue weighted by Crippen LogP contribution is 2.29. The van der Waals surface area contributed by atoms with Gasteiger partial charge in [-0.05, 0) is 24.3 Å². The van der Waals surface area contributed by atoms with Crippen molar-refractivity contribution in [3.8, 4) is 17.1 Å². The first kappa shape index (κ1) is 18.3. The summed E-state index contributed by atoms with van der Waals surface area (Å²) in [5.74, 6) is 1.66. The van der Waals surface area contributed by atoms with E-state index in [1.54, 1.807) is 24.4 Å². The van der Waals surface area contributed by atoms with Crippen molar-refractivity contribution < 1.29 is 18.0 Å². The quantitative estimate of drug-likeness (QED) is 0.644. The van der Waals surface area contributed by atoms with E-state index in [1.165, 1.54) is 6.07 Å². The molecular weight excluding hydrogens is 368 g/mol. The molecule has 2 aromatic heterocycles. The number of rotatable bonds is 6. The molecule has 28 heavy (non-hydrogen) atoms. The van der Waals surface area contributed by atoms with E-state index >= 15 is 0 Å². The number of piperazine rings is 1. The second-order valence-corrected chi connectivity index (χ2v) is 6.34. The predicted octanol–water partition coefficient (Wildman–Crippen LogP) is 3.06. The molecule has 1 aromatic carbocycles. The zero-order valence-corrected chi connectivity index (χ0v) is 15.0. The molecule has 3 heterocycles. The standard InChI is InChI=1S/C19H19F2N5O2/c20-19(21)27-15-6-2-1-5-14(15)18-23-17(28-24-18)13-25-9-11-26(12-10-25)16-7-3-4-8-22-16/h1-8,19H,9-13H2. The first-order valence-electron chi connectivity index (χ1n) is 8.94. The number of hydrogen-bond acceptors (Lipinski definition) is 7. The second kappa shape index (κ2) is 8.30. The van der Waals surface area contributed by atoms with Crippen LogP contribution in [0.25, 0.3) is 11.4 Å². The lowest BCUT2D eigenvalue weighted by Gasteiger charge is -2.34. The fourth-order valence-electron chi connectivity index (χ4n) is 3.15. The van der Waals surface area contributed by atoms with Gasteiger partial charge in [-0.2, -0.15) is 13.8 Å². The van der Waals surface area contributed by atoms with Crippen molar-refractivity contribution in [1.29, 1.82) is 0 Å². The van der Waals surface area contributed by atoms with Crippen LogP contribution in [0.5, 0.6) is 5.75 Å². The Balaban J connectivity index is 1.39. The lowest BCUT2D eigenvalue weighted by atomic mass is 10.2. The number of ether oxygens (including phenoxy) is 1. The molecule has 0 spiro atoms. The van der Waals surface area contributed by atoms with Crippen molar-refractivity contribution in [3.63, 3.8) is 0 Å². The Morgan fingerprint density at radius 1 is 1.04 bits per heavy atom. The molecule has 0 N–H and O–H groups in total. The summed E-state index contributed by atoms with van der Waals surface area (Å²) in [5, 5.41) is 3.92. The van der Waals surface area contributed by atoms with E-state index in [4.69, 9.17) is 4.52 Å². The van der Waals surface area contributed by atoms with E-state index in [9.17, 15) is 8.78 Å². The number of anilines is 1. The van der Waals surface area contributed by atoms with Gasteiger partial charge in [0, 0.05) is 32.4 Å². The number of nitrogens with zero attached hydrogens (tertiary/aromatic N) is 5. The Bertz CT molecular complexity index is 898. The van der Waals surface area contributed by atoms with Crippen molar-refractivity contribution in [1.82, 2.24) is 20.0 Å². The predicted molar refractivity (Wildman–Crippen MR) is 98.1 cm³/mol. The SMILES string of the molecule is FC(F)Oc1ccccc1-c1noc(CN2CCN(c3ccccn3)CC2)n1. The van der Waals surface area contributed by atoms with E-state index < -0.39 is 6.61 Å². The van der Waals surface area contributed by atoms with Crippen LogP contribution in [0, 0.1) is 0 Å². The molecule has 1 fully saturated rings. The molecule has 0 bridgehead atoms. The second-order valence-electron chi connectivity index (χ2n) is 6.34. The summed E-state index contributed by atoms with van der Waals surface area (Å²) in [6.07, 6.45) is 1.79. The number of alkyl halides is 2. The van der Waals surface area contributed by atoms with Crippen LogP contribution in [-0.2, 0) is 6.54 Å². The van der Waals surface area contributed by atoms with Crippen molar-refractivity contribution in [2.75, 3.05) is 31.1 Å². The van der Waals surface area contributed by atoms with Crippen LogP contribution in [0.2, 0.25) is 0 Å². The van der Waals surface area contributed by atoms with E-state index in [1.807, 2.05) is 18.2 Å². The largest absolute Gasteiger partial charge is 0.434 e. The number of aromatic nitrogens is 3. The fraction of sp³-hybridized carbons (Fsp3) is 0.316. The van der Waals surface area contributed by atoms with Gasteiger partial charge in [-0.1, -0.05) is 23.4 Å². The fourth-order valence-corrected chi connectivity index (χ4v) is 3.15. The zero-order chi connectivity index (χ0) is 19.3. The third-order valence-electron chi connectivity index (χ3n) is 4.52. The third-order valence-corrected chi connectivity index (χ3v) is 4.52. The molecular formula is C19H19F2N5O2. The molecule has 0 saturated carbocycles. The summed E-state index contributed by atoms with van der Waals surface area (Å²) < 4.78 is 35.0. The van der Waals surface area contributed by atoms with Crippen LogP contribution in [0.15, 0.2) is 53.2 Å². The molecule has 1 aliphatic heterocycles. The molecule has 0 unspecified atom stereocenters. The molecule has 7 nitrogen and oxygen atoms in total. The lowest BCUT2D eigenvalue weighted by Crippen LogP contribution is -2.46. The van der Waals surface area contributed by atoms with Gasteiger partial charge in [0.05, 0.1) is 12.1 Å². The Kier molecular flexibility index (Phi) is 5.43. The van der Waals surface area contributed by atoms with Gasteiger partial charge in [-0.25, -0.2) is 4.98 Å². The van der Waals surface area contributed by atoms with Crippen LogP contribution in [0.4, 0.5) is 14.6 Å². The molecule has 4 rings (SSSR count). The number of benzene rings is 1. The smallest absolute Gasteiger partial charge is 0.387 e. The molecule has 0 amide bonds. The molecule has 3 aromatic rings. The van der Waals surface area contributed by atoms with Crippen molar-refractivity contribution in [2.24, 2.45) is 0 Å². The van der Waals surface area contributed by atoms with Gasteiger partial charge in [0.15, 0.2) is 0 Å². The van der Waals surface area contributed by atoms with Gasteiger partial charge in [0.1, 0.15) is 11.6 Å². The zero-order valence-electron chi connectivity index (χ0n) is 15.0. The maximum Gasteiger partial charge on any atom is 0.387 e. The number of pyridine rings is 1. The minimum Gasteiger partial charge on any atom is -0.434 e. The van der Waals surface area contributed by atoms with Crippen molar-refractivity contribution in [3.05, 3.63) is 54.6 Å². The molecule has 0 atom stereocenters. The van der Waals surface area contributed by atoms with Gasteiger partial charge in [0.25, 0.3) is 0 Å². The summed E-state index contributed by atoms with van der Waals surface area (Å²) >= 11 is 0. The highest BCUT2D eigenvalue weighted by molar-refractivity contribution is 5.63. The van der Waals surface area contributed by atoms with Crippen LogP contribution >= 0.6 is 0 Å². The van der Waals surface area contributed by atoms with Crippen LogP contribution in [-0.4, -0.2) is 52.8 Å². The highest BCUT2D eigenvalue weighted by Gasteiger charge is 2.21. The Morgan fingerprint density at radius 2 is 1.82 bits per heavy atom. The summed E-state index contributed by atoms with van der Waals surface area (Å²) in [6, 6.07) is 12.3. The van der Waals surface area contributed by atoms with Gasteiger partial charge >= 0.3 is 6.61 Å². The summed E-state index contributed by atoms with van der Waals surface area (Å²) in [4.78, 5) is 13.2. The lowest BCUT2D eigenvalue weighted by molar-refractivity contribution is -0.0494. The number of para-hydroxylation sites is 1. The summed E-state index contributed by atoms with van der Waals surface area (Å²) in [5.41, 5.74) is 0.373. The van der Waals surface area contributed by atoms with E-state index in [0.717, 1.165) is 32.0 Å². The minimum atomic E-state index is -2.91. The molecule has 0 aliphatic carbocycles. The molecule has 1 saturated heterocycles. The van der Waals surface area contributed by atoms with E-state index in [0.29, 0.717) is 18.0 Å². The van der Waals surface area contributed by atoms with Gasteiger partial charge in [-0.3, -0.25) is 4.90 Å². The van der Waals surface area contributed by atoms with Gasteiger partial charge < -0.3 is 14.2 Å². The maximum atomic E-state index is 12.6. The Morgan fingerprint density at radius 3 is 2.57 bits per heavy atom. The first-order valence-corrected chi connectivity index (χ1v) is 8.94. The molecule has 146 valence electrons. The Hall–Kier alpha value is -3.07. The topological polar surface area (TPSA) is 67.5 Å². The average molecular weight is 387 g/mol. The normalized spacial score (nSPS) is 15.2. The average Bonchev–Trinajstić information content (AvgIpc) is 3.17. The first-order chi connectivity index (χ1) is 13.7. The maximum absolute atomic E-state index is 12.6. The number of halogens is 2. The molecule has 9 heteroatoms. The summed E-state index contributed by atoms with van der Waals surface area (Å²) in [6.45, 7) is 0.953. The monoisotopic (exact) mass is 387 g/mol. The van der Waals surface area contributed by atoms with Gasteiger partial charge in [-0.15, -0.1) is 0 Å². The van der Waals surface area contributed by atoms with Crippen LogP contribution in [0.3, 0.4) is 0 Å². The highest BCUT2D eigenvalue weighted by atomic mass is 19.3. The minimum absolute atomic E-state index is 0.0221. The van der Waals surface area contributed by atoms with E-state index in [-0.39, 0.29) is 11.6 Å². The van der Waals surface area contributed by atoms with Crippen molar-refractivity contribution in [2.45, 2.75) is 13.2 Å². The molecule has 1 aliphatic rings. The Labute approximate surface area is 160 Å². The van der Waals surface area contributed by atoms with Crippen LogP contribution in [0.1, 0.15) is 5.89 Å². The number of hydrogen-bond donors (Lipinski definition) is 0. The van der Waals surface area contributed by atoms with Crippen molar-refractivity contribution >= 4 is 5.82 Å².